The zero-order chi connectivity index (χ0) is 38.0. The molecule has 0 aliphatic carbocycles. The summed E-state index contributed by atoms with van der Waals surface area (Å²) in [6.07, 6.45) is 9.43. The summed E-state index contributed by atoms with van der Waals surface area (Å²) < 4.78 is 21.4. The number of unbranched alkanes of at least 4 members (excludes halogenated alkanes) is 6. The number of rotatable bonds is 19. The molecule has 0 radical (unpaired) electrons. The molecule has 0 spiro atoms. The molecule has 7 aromatic rings. The van der Waals surface area contributed by atoms with Crippen molar-refractivity contribution in [2.24, 2.45) is 0 Å². The highest BCUT2D eigenvalue weighted by Gasteiger charge is 2.18. The first-order chi connectivity index (χ1) is 27.0. The van der Waals surface area contributed by atoms with Crippen molar-refractivity contribution in [3.05, 3.63) is 114 Å². The van der Waals surface area contributed by atoms with Gasteiger partial charge in [-0.1, -0.05) is 76.6 Å². The lowest BCUT2D eigenvalue weighted by Crippen LogP contribution is -2.10. The molecule has 55 heavy (non-hydrogen) atoms. The molecule has 10 heteroatoms. The number of thiophene rings is 2. The highest BCUT2D eigenvalue weighted by molar-refractivity contribution is 7.19. The highest BCUT2D eigenvalue weighted by atomic mass is 32.1. The number of anilines is 3. The number of carboxylic acid groups (broad SMARTS) is 1. The lowest BCUT2D eigenvalue weighted by Gasteiger charge is -2.26. The highest BCUT2D eigenvalue weighted by Crippen LogP contribution is 2.42. The molecule has 282 valence electrons. The van der Waals surface area contributed by atoms with Gasteiger partial charge >= 0.3 is 5.97 Å². The van der Waals surface area contributed by atoms with Crippen molar-refractivity contribution in [2.45, 2.75) is 65.2 Å². The fraction of sp³-hybridized carbons (Fsp3) is 0.267. The molecule has 0 fully saturated rings. The van der Waals surface area contributed by atoms with E-state index < -0.39 is 5.97 Å². The van der Waals surface area contributed by atoms with Gasteiger partial charge in [0, 0.05) is 42.8 Å². The molecule has 4 aromatic carbocycles. The van der Waals surface area contributed by atoms with E-state index in [9.17, 15) is 9.90 Å². The quantitative estimate of drug-likeness (QED) is 0.0817. The van der Waals surface area contributed by atoms with Gasteiger partial charge < -0.3 is 19.5 Å². The van der Waals surface area contributed by atoms with Crippen LogP contribution in [0, 0.1) is 0 Å². The van der Waals surface area contributed by atoms with Gasteiger partial charge in [0.2, 0.25) is 0 Å². The summed E-state index contributed by atoms with van der Waals surface area (Å²) in [5.74, 6) is 0.845. The van der Waals surface area contributed by atoms with Crippen LogP contribution in [-0.4, -0.2) is 33.0 Å². The summed E-state index contributed by atoms with van der Waals surface area (Å²) in [5, 5.41) is 9.43. The van der Waals surface area contributed by atoms with Gasteiger partial charge in [0.15, 0.2) is 0 Å². The van der Waals surface area contributed by atoms with Crippen LogP contribution < -0.4 is 14.4 Å². The molecule has 0 aliphatic heterocycles. The smallest absolute Gasteiger partial charge is 0.345 e. The minimum Gasteiger partial charge on any atom is -0.494 e. The van der Waals surface area contributed by atoms with Crippen molar-refractivity contribution in [3.8, 4) is 42.8 Å². The minimum atomic E-state index is -0.924. The zero-order valence-corrected chi connectivity index (χ0v) is 33.7. The Labute approximate surface area is 335 Å². The van der Waals surface area contributed by atoms with E-state index in [0.717, 1.165) is 97.0 Å². The fourth-order valence-electron chi connectivity index (χ4n) is 6.54. The predicted molar refractivity (Wildman–Crippen MR) is 230 cm³/mol. The third kappa shape index (κ3) is 9.27. The maximum absolute atomic E-state index is 11.5. The van der Waals surface area contributed by atoms with Crippen LogP contribution in [0.3, 0.4) is 0 Å². The Morgan fingerprint density at radius 3 is 1.53 bits per heavy atom. The monoisotopic (exact) mass is 787 g/mol. The standard InChI is InChI=1S/C45H45N3O4S3/c1-3-5-7-9-29-51-35-19-15-33(16-20-35)48(34-17-21-36(22-18-34)52-30-10-8-6-4-2)32-13-11-31(12-14-32)39-25-26-40(53-39)37-23-24-38(44-43(37)46-55-47-44)41-27-28-42(54-41)45(49)50/h11-28H,3-10,29-30H2,1-2H3,(H,49,50). The molecule has 0 aliphatic rings. The van der Waals surface area contributed by atoms with E-state index in [1.165, 1.54) is 61.6 Å². The maximum atomic E-state index is 11.5. The number of aromatic carboxylic acids is 1. The van der Waals surface area contributed by atoms with E-state index in [1.54, 1.807) is 17.4 Å². The van der Waals surface area contributed by atoms with Crippen LogP contribution in [0.25, 0.3) is 42.4 Å². The molecule has 0 saturated heterocycles. The molecule has 0 amide bonds. The number of fused-ring (bicyclic) bond motifs is 1. The number of aromatic nitrogens is 2. The third-order valence-corrected chi connectivity index (χ3v) is 12.3. The molecule has 3 heterocycles. The van der Waals surface area contributed by atoms with Crippen molar-refractivity contribution in [1.29, 1.82) is 0 Å². The average molecular weight is 788 g/mol. The van der Waals surface area contributed by atoms with Crippen LogP contribution in [0.4, 0.5) is 17.1 Å². The molecule has 1 N–H and O–H groups in total. The van der Waals surface area contributed by atoms with E-state index >= 15 is 0 Å². The van der Waals surface area contributed by atoms with E-state index in [2.05, 4.69) is 118 Å². The van der Waals surface area contributed by atoms with Crippen LogP contribution in [0.15, 0.2) is 109 Å². The fourth-order valence-corrected chi connectivity index (χ4v) is 9.02. The minimum absolute atomic E-state index is 0.305. The zero-order valence-electron chi connectivity index (χ0n) is 31.2. The van der Waals surface area contributed by atoms with Crippen LogP contribution in [0.2, 0.25) is 0 Å². The van der Waals surface area contributed by atoms with Gasteiger partial charge in [0.1, 0.15) is 27.4 Å². The Morgan fingerprint density at radius 2 is 1.04 bits per heavy atom. The summed E-state index contributed by atoms with van der Waals surface area (Å²) in [7, 11) is 0. The van der Waals surface area contributed by atoms with Gasteiger partial charge in [-0.2, -0.15) is 8.75 Å². The molecule has 7 nitrogen and oxygen atoms in total. The van der Waals surface area contributed by atoms with E-state index in [-0.39, 0.29) is 0 Å². The van der Waals surface area contributed by atoms with Crippen molar-refractivity contribution >= 4 is 68.5 Å². The van der Waals surface area contributed by atoms with Crippen LogP contribution in [0.5, 0.6) is 11.5 Å². The number of benzene rings is 4. The van der Waals surface area contributed by atoms with Gasteiger partial charge in [0.05, 0.1) is 24.9 Å². The molecule has 7 rings (SSSR count). The SMILES string of the molecule is CCCCCCOc1ccc(N(c2ccc(OCCCCCC)cc2)c2ccc(-c3ccc(-c4ccc(-c5ccc(C(=O)O)s5)c5nsnc45)s3)cc2)cc1. The first-order valence-electron chi connectivity index (χ1n) is 19.1. The van der Waals surface area contributed by atoms with E-state index in [0.29, 0.717) is 4.88 Å². The second kappa shape index (κ2) is 18.5. The first-order valence-corrected chi connectivity index (χ1v) is 21.4. The van der Waals surface area contributed by atoms with Crippen molar-refractivity contribution < 1.29 is 19.4 Å². The van der Waals surface area contributed by atoms with Gasteiger partial charge in [0.25, 0.3) is 0 Å². The molecular formula is C45H45N3O4S3. The first kappa shape index (κ1) is 38.3. The lowest BCUT2D eigenvalue weighted by atomic mass is 10.1. The molecule has 0 unspecified atom stereocenters. The largest absolute Gasteiger partial charge is 0.494 e. The lowest BCUT2D eigenvalue weighted by molar-refractivity contribution is 0.0702. The summed E-state index contributed by atoms with van der Waals surface area (Å²) in [5.41, 5.74) is 7.80. The molecule has 0 bridgehead atoms. The van der Waals surface area contributed by atoms with E-state index in [1.807, 2.05) is 12.1 Å². The van der Waals surface area contributed by atoms with Gasteiger partial charge in [-0.25, -0.2) is 4.79 Å². The van der Waals surface area contributed by atoms with Crippen molar-refractivity contribution in [2.75, 3.05) is 18.1 Å². The Balaban J connectivity index is 1.12. The Kier molecular flexibility index (Phi) is 12.9. The third-order valence-electron chi connectivity index (χ3n) is 9.50. The van der Waals surface area contributed by atoms with Gasteiger partial charge in [-0.3, -0.25) is 0 Å². The van der Waals surface area contributed by atoms with Crippen LogP contribution in [-0.2, 0) is 0 Å². The average Bonchev–Trinajstić information content (AvgIpc) is 4.02. The van der Waals surface area contributed by atoms with Crippen LogP contribution >= 0.6 is 34.4 Å². The molecular weight excluding hydrogens is 743 g/mol. The van der Waals surface area contributed by atoms with Crippen molar-refractivity contribution in [3.63, 3.8) is 0 Å². The van der Waals surface area contributed by atoms with Gasteiger partial charge in [-0.05, 0) is 103 Å². The predicted octanol–water partition coefficient (Wildman–Crippen LogP) is 13.9. The summed E-state index contributed by atoms with van der Waals surface area (Å²) in [4.78, 5) is 17.2. The molecule has 0 saturated carbocycles. The summed E-state index contributed by atoms with van der Waals surface area (Å²) in [6.45, 7) is 5.91. The Hall–Kier alpha value is -5.03. The Morgan fingerprint density at radius 1 is 0.564 bits per heavy atom. The number of carboxylic acids is 1. The van der Waals surface area contributed by atoms with Crippen molar-refractivity contribution in [1.82, 2.24) is 8.75 Å². The summed E-state index contributed by atoms with van der Waals surface area (Å²) in [6, 6.07) is 37.3. The number of hydrogen-bond acceptors (Lipinski definition) is 9. The normalized spacial score (nSPS) is 11.2. The number of ether oxygens (including phenoxy) is 2. The second-order valence-corrected chi connectivity index (χ2v) is 16.1. The van der Waals surface area contributed by atoms with E-state index in [4.69, 9.17) is 9.47 Å². The van der Waals surface area contributed by atoms with Crippen LogP contribution in [0.1, 0.15) is 74.9 Å². The maximum Gasteiger partial charge on any atom is 0.345 e. The van der Waals surface area contributed by atoms with Gasteiger partial charge in [-0.15, -0.1) is 22.7 Å². The topological polar surface area (TPSA) is 84.8 Å². The number of nitrogens with zero attached hydrogens (tertiary/aromatic N) is 3. The molecule has 3 aromatic heterocycles. The Bertz CT molecular complexity index is 2240. The second-order valence-electron chi connectivity index (χ2n) is 13.4. The number of carbonyl (C=O) groups is 1. The number of hydrogen-bond donors (Lipinski definition) is 1. The summed E-state index contributed by atoms with van der Waals surface area (Å²) >= 11 is 4.14. The molecule has 0 atom stereocenters.